The summed E-state index contributed by atoms with van der Waals surface area (Å²) < 4.78 is 7.44. The minimum absolute atomic E-state index is 0.656. The molecule has 1 aliphatic rings. The maximum Gasteiger partial charge on any atom is 0.139 e. The number of nitrogens with zero attached hydrogens (tertiary/aromatic N) is 2. The van der Waals surface area contributed by atoms with Crippen LogP contribution in [0.5, 0.6) is 5.75 Å². The van der Waals surface area contributed by atoms with Gasteiger partial charge in [0, 0.05) is 12.6 Å². The second-order valence-corrected chi connectivity index (χ2v) is 6.05. The van der Waals surface area contributed by atoms with Crippen LogP contribution < -0.4 is 10.1 Å². The van der Waals surface area contributed by atoms with Gasteiger partial charge in [-0.1, -0.05) is 18.0 Å². The first-order valence-corrected chi connectivity index (χ1v) is 8.08. The summed E-state index contributed by atoms with van der Waals surface area (Å²) in [7, 11) is 1.64. The lowest BCUT2D eigenvalue weighted by molar-refractivity contribution is 0.369. The number of ether oxygens (including phenoxy) is 1. The molecule has 2 heterocycles. The van der Waals surface area contributed by atoms with Gasteiger partial charge in [-0.05, 0) is 44.4 Å². The first-order valence-electron chi connectivity index (χ1n) is 7.70. The smallest absolute Gasteiger partial charge is 0.139 e. The van der Waals surface area contributed by atoms with Crippen LogP contribution >= 0.6 is 11.6 Å². The van der Waals surface area contributed by atoms with Crippen LogP contribution in [0.3, 0.4) is 0 Å². The van der Waals surface area contributed by atoms with Gasteiger partial charge >= 0.3 is 0 Å². The van der Waals surface area contributed by atoms with Crippen LogP contribution in [0.15, 0.2) is 18.5 Å². The Morgan fingerprint density at radius 3 is 3.10 bits per heavy atom. The molecule has 21 heavy (non-hydrogen) atoms. The zero-order valence-electron chi connectivity index (χ0n) is 12.4. The molecule has 0 saturated carbocycles. The second kappa shape index (κ2) is 6.67. The molecule has 1 aromatic heterocycles. The Morgan fingerprint density at radius 2 is 2.33 bits per heavy atom. The largest absolute Gasteiger partial charge is 0.495 e. The van der Waals surface area contributed by atoms with Gasteiger partial charge in [-0.3, -0.25) is 0 Å². The lowest BCUT2D eigenvalue weighted by atomic mass is 10.0. The van der Waals surface area contributed by atoms with E-state index in [0.29, 0.717) is 16.8 Å². The third kappa shape index (κ3) is 3.16. The minimum atomic E-state index is 0.656. The summed E-state index contributed by atoms with van der Waals surface area (Å²) in [4.78, 5) is 4.43. The third-order valence-corrected chi connectivity index (χ3v) is 4.63. The highest BCUT2D eigenvalue weighted by Crippen LogP contribution is 2.32. The van der Waals surface area contributed by atoms with Gasteiger partial charge in [0.1, 0.15) is 10.8 Å². The molecule has 1 fully saturated rings. The fourth-order valence-electron chi connectivity index (χ4n) is 3.11. The third-order valence-electron chi connectivity index (χ3n) is 4.27. The summed E-state index contributed by atoms with van der Waals surface area (Å²) in [6, 6.07) is 4.51. The van der Waals surface area contributed by atoms with E-state index in [1.165, 1.54) is 32.2 Å². The number of rotatable bonds is 5. The van der Waals surface area contributed by atoms with Crippen molar-refractivity contribution in [3.63, 3.8) is 0 Å². The Bertz CT molecular complexity index is 605. The van der Waals surface area contributed by atoms with E-state index >= 15 is 0 Å². The molecule has 0 amide bonds. The number of aryl methyl sites for hydroxylation is 1. The highest BCUT2D eigenvalue weighted by molar-refractivity contribution is 6.36. The number of methoxy groups -OCH3 is 1. The molecule has 0 unspecified atom stereocenters. The molecule has 1 saturated heterocycles. The summed E-state index contributed by atoms with van der Waals surface area (Å²) in [6.07, 6.45) is 8.20. The Morgan fingerprint density at radius 1 is 1.43 bits per heavy atom. The molecule has 0 aliphatic carbocycles. The fraction of sp³-hybridized carbons (Fsp3) is 0.562. The molecule has 114 valence electrons. The monoisotopic (exact) mass is 307 g/mol. The normalized spacial score (nSPS) is 19.0. The maximum absolute atomic E-state index is 6.42. The van der Waals surface area contributed by atoms with Gasteiger partial charge in [0.05, 0.1) is 24.5 Å². The zero-order chi connectivity index (χ0) is 14.7. The van der Waals surface area contributed by atoms with Crippen molar-refractivity contribution in [2.24, 2.45) is 0 Å². The summed E-state index contributed by atoms with van der Waals surface area (Å²) >= 11 is 6.42. The van der Waals surface area contributed by atoms with Crippen molar-refractivity contribution in [1.82, 2.24) is 14.9 Å². The molecule has 5 heteroatoms. The van der Waals surface area contributed by atoms with E-state index in [4.69, 9.17) is 16.3 Å². The summed E-state index contributed by atoms with van der Waals surface area (Å²) in [5, 5.41) is 4.25. The molecular formula is C16H22ClN3O. The lowest BCUT2D eigenvalue weighted by Gasteiger charge is -2.23. The maximum atomic E-state index is 6.42. The number of nitrogens with one attached hydrogen (secondary N) is 1. The van der Waals surface area contributed by atoms with Gasteiger partial charge in [0.25, 0.3) is 0 Å². The fourth-order valence-corrected chi connectivity index (χ4v) is 3.45. The number of hydrogen-bond acceptors (Lipinski definition) is 3. The van der Waals surface area contributed by atoms with Crippen LogP contribution in [0, 0.1) is 0 Å². The van der Waals surface area contributed by atoms with E-state index in [2.05, 4.69) is 14.9 Å². The Balaban J connectivity index is 1.69. The molecule has 4 nitrogen and oxygen atoms in total. The Kier molecular flexibility index (Phi) is 4.66. The molecule has 3 rings (SSSR count). The number of piperidine rings is 1. The van der Waals surface area contributed by atoms with Gasteiger partial charge in [-0.25, -0.2) is 4.98 Å². The van der Waals surface area contributed by atoms with E-state index in [1.54, 1.807) is 7.11 Å². The highest BCUT2D eigenvalue weighted by atomic mass is 35.5. The Hall–Kier alpha value is -1.26. The van der Waals surface area contributed by atoms with E-state index in [0.717, 1.165) is 24.0 Å². The molecule has 1 N–H and O–H groups in total. The average Bonchev–Trinajstić information content (AvgIpc) is 2.93. The van der Waals surface area contributed by atoms with Gasteiger partial charge < -0.3 is 14.6 Å². The van der Waals surface area contributed by atoms with Gasteiger partial charge in [0.15, 0.2) is 0 Å². The van der Waals surface area contributed by atoms with E-state index in [1.807, 2.05) is 18.5 Å². The first-order chi connectivity index (χ1) is 10.3. The number of fused-ring (bicyclic) bond motifs is 1. The van der Waals surface area contributed by atoms with Crippen molar-refractivity contribution < 1.29 is 4.74 Å². The van der Waals surface area contributed by atoms with Crippen LogP contribution in [-0.2, 0) is 6.54 Å². The molecule has 0 spiro atoms. The minimum Gasteiger partial charge on any atom is -0.495 e. The van der Waals surface area contributed by atoms with Crippen molar-refractivity contribution >= 4 is 22.6 Å². The molecule has 0 radical (unpaired) electrons. The van der Waals surface area contributed by atoms with Crippen molar-refractivity contribution in [3.05, 3.63) is 23.5 Å². The van der Waals surface area contributed by atoms with Crippen molar-refractivity contribution in [3.8, 4) is 5.75 Å². The predicted molar refractivity (Wildman–Crippen MR) is 86.2 cm³/mol. The number of benzene rings is 1. The molecule has 1 aromatic carbocycles. The number of halogens is 1. The summed E-state index contributed by atoms with van der Waals surface area (Å²) in [5.41, 5.74) is 1.91. The quantitative estimate of drug-likeness (QED) is 0.917. The van der Waals surface area contributed by atoms with Crippen LogP contribution in [0.1, 0.15) is 32.1 Å². The van der Waals surface area contributed by atoms with E-state index in [-0.39, 0.29) is 0 Å². The first kappa shape index (κ1) is 14.7. The van der Waals surface area contributed by atoms with E-state index < -0.39 is 0 Å². The van der Waals surface area contributed by atoms with Crippen LogP contribution in [0.25, 0.3) is 11.0 Å². The van der Waals surface area contributed by atoms with Crippen molar-refractivity contribution in [2.75, 3.05) is 13.7 Å². The summed E-state index contributed by atoms with van der Waals surface area (Å²) in [6.45, 7) is 2.11. The second-order valence-electron chi connectivity index (χ2n) is 5.68. The van der Waals surface area contributed by atoms with Crippen LogP contribution in [0.2, 0.25) is 5.02 Å². The van der Waals surface area contributed by atoms with Gasteiger partial charge in [-0.15, -0.1) is 0 Å². The lowest BCUT2D eigenvalue weighted by Crippen LogP contribution is -2.33. The van der Waals surface area contributed by atoms with Gasteiger partial charge in [-0.2, -0.15) is 0 Å². The predicted octanol–water partition coefficient (Wildman–Crippen LogP) is 3.62. The molecule has 0 bridgehead atoms. The van der Waals surface area contributed by atoms with Gasteiger partial charge in [0.2, 0.25) is 0 Å². The zero-order valence-corrected chi connectivity index (χ0v) is 13.2. The molecular weight excluding hydrogens is 286 g/mol. The standard InChI is InChI=1S/C16H22ClN3O/c1-21-14-8-7-13-16(15(14)17)20(11-19-13)10-4-6-12-5-2-3-9-18-12/h7-8,11-12,18H,2-6,9-10H2,1H3/t12-/m1/s1. The Labute approximate surface area is 130 Å². The average molecular weight is 308 g/mol. The van der Waals surface area contributed by atoms with Crippen LogP contribution in [0.4, 0.5) is 0 Å². The van der Waals surface area contributed by atoms with Crippen LogP contribution in [-0.4, -0.2) is 29.2 Å². The highest BCUT2D eigenvalue weighted by Gasteiger charge is 2.14. The SMILES string of the molecule is COc1ccc2ncn(CCC[C@H]3CCCCN3)c2c1Cl. The summed E-state index contributed by atoms with van der Waals surface area (Å²) in [5.74, 6) is 0.708. The molecule has 1 aliphatic heterocycles. The number of imidazole rings is 1. The number of hydrogen-bond donors (Lipinski definition) is 1. The van der Waals surface area contributed by atoms with Crippen molar-refractivity contribution in [2.45, 2.75) is 44.7 Å². The molecule has 1 atom stereocenters. The number of aromatic nitrogens is 2. The topological polar surface area (TPSA) is 39.1 Å². The molecule has 2 aromatic rings. The van der Waals surface area contributed by atoms with E-state index in [9.17, 15) is 0 Å². The van der Waals surface area contributed by atoms with Crippen molar-refractivity contribution in [1.29, 1.82) is 0 Å².